The van der Waals surface area contributed by atoms with Crippen LogP contribution < -0.4 is 0 Å². The van der Waals surface area contributed by atoms with E-state index in [-0.39, 0.29) is 16.5 Å². The number of nitrogens with zero attached hydrogens (tertiary/aromatic N) is 4. The zero-order valence-corrected chi connectivity index (χ0v) is 7.86. The minimum atomic E-state index is -1.16. The summed E-state index contributed by atoms with van der Waals surface area (Å²) in [5.41, 5.74) is -0.128. The number of hydrogen-bond acceptors (Lipinski definition) is 4. The number of fused-ring (bicyclic) bond motifs is 1. The Hall–Kier alpha value is -1.69. The predicted molar refractivity (Wildman–Crippen MR) is 47.5 cm³/mol. The maximum atomic E-state index is 10.8. The zero-order valence-electron chi connectivity index (χ0n) is 7.10. The number of halogens is 1. The van der Waals surface area contributed by atoms with Crippen LogP contribution in [0.3, 0.4) is 0 Å². The van der Waals surface area contributed by atoms with Gasteiger partial charge in [-0.3, -0.25) is 0 Å². The Labute approximate surface area is 83.2 Å². The van der Waals surface area contributed by atoms with E-state index in [4.69, 9.17) is 16.7 Å². The van der Waals surface area contributed by atoms with Gasteiger partial charge in [0.2, 0.25) is 0 Å². The van der Waals surface area contributed by atoms with Crippen LogP contribution in [0.4, 0.5) is 0 Å². The number of rotatable bonds is 1. The lowest BCUT2D eigenvalue weighted by Gasteiger charge is -1.99. The zero-order chi connectivity index (χ0) is 10.3. The van der Waals surface area contributed by atoms with E-state index in [0.29, 0.717) is 5.82 Å². The van der Waals surface area contributed by atoms with E-state index in [0.717, 1.165) is 4.52 Å². The molecule has 0 unspecified atom stereocenters. The van der Waals surface area contributed by atoms with E-state index in [1.54, 1.807) is 6.92 Å². The summed E-state index contributed by atoms with van der Waals surface area (Å²) in [5, 5.41) is 12.8. The summed E-state index contributed by atoms with van der Waals surface area (Å²) in [7, 11) is 0. The van der Waals surface area contributed by atoms with E-state index in [1.165, 1.54) is 6.20 Å². The summed E-state index contributed by atoms with van der Waals surface area (Å²) in [5.74, 6) is -0.487. The Morgan fingerprint density at radius 2 is 2.36 bits per heavy atom. The maximum Gasteiger partial charge on any atom is 0.356 e. The molecule has 0 radical (unpaired) electrons. The fourth-order valence-corrected chi connectivity index (χ4v) is 1.32. The van der Waals surface area contributed by atoms with Crippen molar-refractivity contribution in [2.24, 2.45) is 0 Å². The highest BCUT2D eigenvalue weighted by atomic mass is 35.5. The van der Waals surface area contributed by atoms with Gasteiger partial charge in [-0.05, 0) is 6.92 Å². The van der Waals surface area contributed by atoms with Crippen molar-refractivity contribution in [1.29, 1.82) is 0 Å². The molecule has 2 aromatic heterocycles. The second-order valence-electron chi connectivity index (χ2n) is 2.63. The van der Waals surface area contributed by atoms with E-state index in [1.807, 2.05) is 0 Å². The molecule has 6 nitrogen and oxygen atoms in total. The lowest BCUT2D eigenvalue weighted by atomic mass is 10.4. The lowest BCUT2D eigenvalue weighted by molar-refractivity contribution is 0.0687. The summed E-state index contributed by atoms with van der Waals surface area (Å²) < 4.78 is 1.11. The molecule has 0 aliphatic heterocycles. The molecule has 2 aromatic rings. The van der Waals surface area contributed by atoms with Crippen molar-refractivity contribution < 1.29 is 9.90 Å². The molecular formula is C7H5ClN4O2. The van der Waals surface area contributed by atoms with Gasteiger partial charge >= 0.3 is 5.97 Å². The van der Waals surface area contributed by atoms with Gasteiger partial charge in [-0.25, -0.2) is 9.78 Å². The monoisotopic (exact) mass is 212 g/mol. The molecule has 0 amide bonds. The molecule has 72 valence electrons. The van der Waals surface area contributed by atoms with Crippen molar-refractivity contribution in [2.45, 2.75) is 6.92 Å². The Bertz CT molecular complexity index is 522. The molecule has 0 bridgehead atoms. The van der Waals surface area contributed by atoms with Gasteiger partial charge in [0.15, 0.2) is 5.69 Å². The largest absolute Gasteiger partial charge is 0.476 e. The molecular weight excluding hydrogens is 208 g/mol. The van der Waals surface area contributed by atoms with Crippen LogP contribution in [-0.4, -0.2) is 30.7 Å². The number of carbonyl (C=O) groups is 1. The van der Waals surface area contributed by atoms with E-state index < -0.39 is 5.97 Å². The van der Waals surface area contributed by atoms with E-state index in [9.17, 15) is 4.79 Å². The first-order valence-electron chi connectivity index (χ1n) is 3.71. The van der Waals surface area contributed by atoms with Crippen LogP contribution in [0.25, 0.3) is 5.78 Å². The molecule has 2 heterocycles. The first-order chi connectivity index (χ1) is 6.59. The van der Waals surface area contributed by atoms with Crippen molar-refractivity contribution in [3.63, 3.8) is 0 Å². The molecule has 0 aliphatic carbocycles. The quantitative estimate of drug-likeness (QED) is 0.756. The van der Waals surface area contributed by atoms with Crippen LogP contribution in [0.5, 0.6) is 0 Å². The van der Waals surface area contributed by atoms with Crippen molar-refractivity contribution in [2.75, 3.05) is 0 Å². The molecule has 0 fully saturated rings. The first kappa shape index (κ1) is 8.89. The Morgan fingerprint density at radius 3 is 3.00 bits per heavy atom. The summed E-state index contributed by atoms with van der Waals surface area (Å²) in [6.45, 7) is 1.65. The Balaban J connectivity index is 2.88. The lowest BCUT2D eigenvalue weighted by Crippen LogP contribution is -2.08. The Kier molecular flexibility index (Phi) is 1.85. The molecule has 2 rings (SSSR count). The number of carboxylic acids is 1. The number of aryl methyl sites for hydroxylation is 1. The minimum absolute atomic E-state index is 0.0369. The molecule has 0 atom stereocenters. The fraction of sp³-hybridized carbons (Fsp3) is 0.143. The van der Waals surface area contributed by atoms with Crippen LogP contribution in [0.15, 0.2) is 6.20 Å². The van der Waals surface area contributed by atoms with Crippen LogP contribution in [0.2, 0.25) is 5.02 Å². The molecule has 14 heavy (non-hydrogen) atoms. The van der Waals surface area contributed by atoms with E-state index >= 15 is 0 Å². The van der Waals surface area contributed by atoms with Crippen LogP contribution in [0, 0.1) is 6.92 Å². The van der Waals surface area contributed by atoms with Crippen LogP contribution >= 0.6 is 11.6 Å². The number of carboxylic acid groups (broad SMARTS) is 1. The third-order valence-corrected chi connectivity index (χ3v) is 1.91. The second-order valence-corrected chi connectivity index (χ2v) is 3.04. The summed E-state index contributed by atoms with van der Waals surface area (Å²) in [6.07, 6.45) is 1.24. The third kappa shape index (κ3) is 1.20. The highest BCUT2D eigenvalue weighted by Gasteiger charge is 2.16. The van der Waals surface area contributed by atoms with Gasteiger partial charge in [-0.2, -0.15) is 9.50 Å². The maximum absolute atomic E-state index is 10.8. The van der Waals surface area contributed by atoms with Crippen molar-refractivity contribution in [3.8, 4) is 0 Å². The van der Waals surface area contributed by atoms with Gasteiger partial charge in [0.25, 0.3) is 5.78 Å². The van der Waals surface area contributed by atoms with Crippen LogP contribution in [-0.2, 0) is 0 Å². The normalized spacial score (nSPS) is 10.7. The third-order valence-electron chi connectivity index (χ3n) is 1.63. The van der Waals surface area contributed by atoms with Gasteiger partial charge in [0.1, 0.15) is 5.82 Å². The van der Waals surface area contributed by atoms with Gasteiger partial charge in [-0.15, -0.1) is 5.10 Å². The average molecular weight is 213 g/mol. The Morgan fingerprint density at radius 1 is 1.64 bits per heavy atom. The molecule has 0 saturated carbocycles. The minimum Gasteiger partial charge on any atom is -0.476 e. The standard InChI is InChI=1S/C7H5ClN4O2/c1-3-10-7-9-2-4(8)5(6(13)14)12(7)11-3/h2H,1H3,(H,13,14). The van der Waals surface area contributed by atoms with Gasteiger partial charge in [0, 0.05) is 0 Å². The molecule has 0 saturated heterocycles. The fourth-order valence-electron chi connectivity index (χ4n) is 1.11. The molecule has 7 heteroatoms. The average Bonchev–Trinajstić information content (AvgIpc) is 2.43. The number of aromatic carboxylic acids is 1. The highest BCUT2D eigenvalue weighted by molar-refractivity contribution is 6.33. The van der Waals surface area contributed by atoms with Gasteiger partial charge in [0.05, 0.1) is 11.2 Å². The predicted octanol–water partition coefficient (Wildman–Crippen LogP) is 0.784. The smallest absolute Gasteiger partial charge is 0.356 e. The number of aromatic nitrogens is 4. The van der Waals surface area contributed by atoms with Crippen LogP contribution in [0.1, 0.15) is 16.3 Å². The SMILES string of the molecule is Cc1nc2ncc(Cl)c(C(=O)O)n2n1. The van der Waals surface area contributed by atoms with Crippen molar-refractivity contribution >= 4 is 23.3 Å². The van der Waals surface area contributed by atoms with Crippen molar-refractivity contribution in [3.05, 3.63) is 22.7 Å². The first-order valence-corrected chi connectivity index (χ1v) is 4.08. The topological polar surface area (TPSA) is 80.4 Å². The van der Waals surface area contributed by atoms with Gasteiger partial charge in [-0.1, -0.05) is 11.6 Å². The highest BCUT2D eigenvalue weighted by Crippen LogP contribution is 2.14. The summed E-state index contributed by atoms with van der Waals surface area (Å²) in [4.78, 5) is 18.6. The molecule has 1 N–H and O–H groups in total. The second kappa shape index (κ2) is 2.91. The van der Waals surface area contributed by atoms with Crippen molar-refractivity contribution in [1.82, 2.24) is 19.6 Å². The van der Waals surface area contributed by atoms with E-state index in [2.05, 4.69) is 15.1 Å². The molecule has 0 aromatic carbocycles. The number of hydrogen-bond donors (Lipinski definition) is 1. The summed E-state index contributed by atoms with van der Waals surface area (Å²) in [6, 6.07) is 0. The molecule has 0 aliphatic rings. The summed E-state index contributed by atoms with van der Waals surface area (Å²) >= 11 is 5.68. The molecule has 0 spiro atoms. The van der Waals surface area contributed by atoms with Gasteiger partial charge < -0.3 is 5.11 Å².